The highest BCUT2D eigenvalue weighted by Gasteiger charge is 2.60. The van der Waals surface area contributed by atoms with E-state index in [-0.39, 0.29) is 16.6 Å². The molecule has 0 radical (unpaired) electrons. The average molecular weight is 383 g/mol. The molecule has 0 spiro atoms. The summed E-state index contributed by atoms with van der Waals surface area (Å²) >= 11 is 0. The fourth-order valence-electron chi connectivity index (χ4n) is 5.21. The van der Waals surface area contributed by atoms with Gasteiger partial charge in [0.15, 0.2) is 0 Å². The first kappa shape index (κ1) is 19.3. The summed E-state index contributed by atoms with van der Waals surface area (Å²) in [5.74, 6) is 1.31. The van der Waals surface area contributed by atoms with E-state index in [1.165, 1.54) is 24.5 Å². The standard InChI is InChI=1S/C24H30O4/c1-16(5-9-20-23(2,3)21-11-13-24(20,4)28-21)12-14-26-18-8-6-17-7-10-22(25)27-19(17)15-18/h6-8,10,12,15,20-21H,5,9,11,13-14H2,1-4H3/b16-12+/t20?,21?,24-/m1/s1. The van der Waals surface area contributed by atoms with Gasteiger partial charge in [-0.1, -0.05) is 19.4 Å². The van der Waals surface area contributed by atoms with Gasteiger partial charge in [0.1, 0.15) is 17.9 Å². The molecule has 2 aliphatic rings. The Balaban J connectivity index is 1.33. The second-order valence-corrected chi connectivity index (χ2v) is 9.19. The molecule has 2 aliphatic heterocycles. The van der Waals surface area contributed by atoms with Gasteiger partial charge in [-0.05, 0) is 75.1 Å². The molecule has 1 aromatic carbocycles. The molecule has 4 heteroatoms. The summed E-state index contributed by atoms with van der Waals surface area (Å²) < 4.78 is 17.4. The molecule has 2 aromatic rings. The van der Waals surface area contributed by atoms with Crippen LogP contribution in [-0.4, -0.2) is 18.3 Å². The molecule has 2 saturated heterocycles. The number of fused-ring (bicyclic) bond motifs is 3. The Labute approximate surface area is 166 Å². The number of rotatable bonds is 6. The lowest BCUT2D eigenvalue weighted by atomic mass is 9.62. The predicted octanol–water partition coefficient (Wildman–Crippen LogP) is 5.49. The van der Waals surface area contributed by atoms with Crippen molar-refractivity contribution in [2.24, 2.45) is 11.3 Å². The zero-order valence-electron chi connectivity index (χ0n) is 17.3. The highest BCUT2D eigenvalue weighted by molar-refractivity contribution is 5.77. The van der Waals surface area contributed by atoms with Gasteiger partial charge in [-0.2, -0.15) is 0 Å². The Kier molecular flexibility index (Phi) is 4.86. The Morgan fingerprint density at radius 2 is 2.04 bits per heavy atom. The zero-order valence-corrected chi connectivity index (χ0v) is 17.3. The number of benzene rings is 1. The Morgan fingerprint density at radius 1 is 1.25 bits per heavy atom. The lowest BCUT2D eigenvalue weighted by Crippen LogP contribution is -2.40. The third-order valence-corrected chi connectivity index (χ3v) is 6.88. The third kappa shape index (κ3) is 3.50. The third-order valence-electron chi connectivity index (χ3n) is 6.88. The van der Waals surface area contributed by atoms with E-state index >= 15 is 0 Å². The summed E-state index contributed by atoms with van der Waals surface area (Å²) in [5, 5.41) is 0.892. The van der Waals surface area contributed by atoms with Crippen LogP contribution in [0.4, 0.5) is 0 Å². The molecule has 3 heterocycles. The van der Waals surface area contributed by atoms with Crippen LogP contribution in [-0.2, 0) is 4.74 Å². The van der Waals surface area contributed by atoms with Crippen molar-refractivity contribution in [2.45, 2.75) is 65.1 Å². The van der Waals surface area contributed by atoms with E-state index < -0.39 is 0 Å². The summed E-state index contributed by atoms with van der Waals surface area (Å²) in [6.45, 7) is 9.72. The molecule has 2 fully saturated rings. The van der Waals surface area contributed by atoms with Crippen molar-refractivity contribution in [3.63, 3.8) is 0 Å². The minimum Gasteiger partial charge on any atom is -0.489 e. The number of ether oxygens (including phenoxy) is 2. The Hall–Kier alpha value is -2.07. The lowest BCUT2D eigenvalue weighted by molar-refractivity contribution is 0.00469. The molecule has 2 bridgehead atoms. The fraction of sp³-hybridized carbons (Fsp3) is 0.542. The number of hydrogen-bond donors (Lipinski definition) is 0. The van der Waals surface area contributed by atoms with Crippen LogP contribution in [0, 0.1) is 11.3 Å². The molecule has 4 nitrogen and oxygen atoms in total. The van der Waals surface area contributed by atoms with Gasteiger partial charge >= 0.3 is 5.63 Å². The van der Waals surface area contributed by atoms with Gasteiger partial charge < -0.3 is 13.9 Å². The van der Waals surface area contributed by atoms with Crippen molar-refractivity contribution < 1.29 is 13.9 Å². The first-order valence-electron chi connectivity index (χ1n) is 10.3. The lowest BCUT2D eigenvalue weighted by Gasteiger charge is -2.39. The van der Waals surface area contributed by atoms with Gasteiger partial charge in [-0.15, -0.1) is 0 Å². The average Bonchev–Trinajstić information content (AvgIpc) is 3.12. The summed E-state index contributed by atoms with van der Waals surface area (Å²) in [6, 6.07) is 8.77. The molecule has 150 valence electrons. The van der Waals surface area contributed by atoms with Crippen LogP contribution in [0.3, 0.4) is 0 Å². The van der Waals surface area contributed by atoms with Crippen LogP contribution in [0.5, 0.6) is 5.75 Å². The topological polar surface area (TPSA) is 48.7 Å². The van der Waals surface area contributed by atoms with Crippen LogP contribution >= 0.6 is 0 Å². The largest absolute Gasteiger partial charge is 0.489 e. The monoisotopic (exact) mass is 382 g/mol. The Bertz CT molecular complexity index is 950. The quantitative estimate of drug-likeness (QED) is 0.489. The smallest absolute Gasteiger partial charge is 0.336 e. The Morgan fingerprint density at radius 3 is 2.79 bits per heavy atom. The second kappa shape index (κ2) is 7.07. The van der Waals surface area contributed by atoms with Gasteiger partial charge in [0.2, 0.25) is 0 Å². The predicted molar refractivity (Wildman–Crippen MR) is 111 cm³/mol. The van der Waals surface area contributed by atoms with Crippen LogP contribution in [0.1, 0.15) is 53.4 Å². The van der Waals surface area contributed by atoms with Crippen molar-refractivity contribution in [1.82, 2.24) is 0 Å². The highest BCUT2D eigenvalue weighted by Crippen LogP contribution is 2.59. The van der Waals surface area contributed by atoms with Crippen molar-refractivity contribution in [3.8, 4) is 5.75 Å². The van der Waals surface area contributed by atoms with Gasteiger partial charge in [0.25, 0.3) is 0 Å². The first-order valence-corrected chi connectivity index (χ1v) is 10.3. The maximum absolute atomic E-state index is 11.4. The minimum absolute atomic E-state index is 0.0555. The second-order valence-electron chi connectivity index (χ2n) is 9.19. The van der Waals surface area contributed by atoms with Crippen LogP contribution in [0.15, 0.2) is 51.2 Å². The number of hydrogen-bond acceptors (Lipinski definition) is 4. The summed E-state index contributed by atoms with van der Waals surface area (Å²) in [4.78, 5) is 11.4. The molecule has 4 rings (SSSR count). The van der Waals surface area contributed by atoms with Gasteiger partial charge in [-0.3, -0.25) is 0 Å². The zero-order chi connectivity index (χ0) is 19.9. The van der Waals surface area contributed by atoms with Gasteiger partial charge in [-0.25, -0.2) is 4.79 Å². The van der Waals surface area contributed by atoms with Crippen LogP contribution < -0.4 is 10.4 Å². The molecule has 0 N–H and O–H groups in total. The SMILES string of the molecule is C/C(=C\COc1ccc2ccc(=O)oc2c1)CCC1C(C)(C)C2CC[C@@]1(C)O2. The molecule has 0 aliphatic carbocycles. The highest BCUT2D eigenvalue weighted by atomic mass is 16.5. The normalized spacial score (nSPS) is 28.8. The van der Waals surface area contributed by atoms with Crippen LogP contribution in [0.25, 0.3) is 11.0 Å². The fourth-order valence-corrected chi connectivity index (χ4v) is 5.21. The van der Waals surface area contributed by atoms with E-state index in [9.17, 15) is 4.79 Å². The van der Waals surface area contributed by atoms with Crippen molar-refractivity contribution in [2.75, 3.05) is 6.61 Å². The molecule has 3 atom stereocenters. The minimum atomic E-state index is -0.346. The van der Waals surface area contributed by atoms with Crippen molar-refractivity contribution >= 4 is 11.0 Å². The molecule has 0 amide bonds. The first-order chi connectivity index (χ1) is 13.3. The molecule has 2 unspecified atom stereocenters. The number of allylic oxidation sites excluding steroid dienone is 1. The van der Waals surface area contributed by atoms with E-state index in [0.29, 0.717) is 30.0 Å². The summed E-state index contributed by atoms with van der Waals surface area (Å²) in [6.07, 6.45) is 7.18. The molecule has 1 aromatic heterocycles. The molecular formula is C24H30O4. The summed E-state index contributed by atoms with van der Waals surface area (Å²) in [7, 11) is 0. The molecular weight excluding hydrogens is 352 g/mol. The molecule has 28 heavy (non-hydrogen) atoms. The van der Waals surface area contributed by atoms with E-state index in [2.05, 4.69) is 33.8 Å². The van der Waals surface area contributed by atoms with E-state index in [4.69, 9.17) is 13.9 Å². The maximum Gasteiger partial charge on any atom is 0.336 e. The van der Waals surface area contributed by atoms with Gasteiger partial charge in [0, 0.05) is 17.5 Å². The maximum atomic E-state index is 11.4. The summed E-state index contributed by atoms with van der Waals surface area (Å²) in [5.41, 5.74) is 1.87. The van der Waals surface area contributed by atoms with E-state index in [1.54, 1.807) is 12.1 Å². The van der Waals surface area contributed by atoms with E-state index in [0.717, 1.165) is 18.2 Å². The van der Waals surface area contributed by atoms with Gasteiger partial charge in [0.05, 0.1) is 11.7 Å². The van der Waals surface area contributed by atoms with E-state index in [1.807, 2.05) is 12.1 Å². The van der Waals surface area contributed by atoms with Crippen molar-refractivity contribution in [1.29, 1.82) is 0 Å². The molecule has 0 saturated carbocycles. The van der Waals surface area contributed by atoms with Crippen molar-refractivity contribution in [3.05, 3.63) is 52.4 Å². The van der Waals surface area contributed by atoms with Crippen LogP contribution in [0.2, 0.25) is 0 Å².